The van der Waals surface area contributed by atoms with Crippen LogP contribution in [0.15, 0.2) is 103 Å². The van der Waals surface area contributed by atoms with Crippen molar-refractivity contribution in [3.63, 3.8) is 0 Å². The number of ether oxygens (including phenoxy) is 2. The van der Waals surface area contributed by atoms with Gasteiger partial charge in [-0.3, -0.25) is 14.5 Å². The summed E-state index contributed by atoms with van der Waals surface area (Å²) in [6.45, 7) is 0. The van der Waals surface area contributed by atoms with Crippen LogP contribution < -0.4 is 14.4 Å². The van der Waals surface area contributed by atoms with Crippen molar-refractivity contribution in [1.29, 1.82) is 0 Å². The Morgan fingerprint density at radius 2 is 1.63 bits per heavy atom. The highest BCUT2D eigenvalue weighted by atomic mass is 35.5. The van der Waals surface area contributed by atoms with Gasteiger partial charge >= 0.3 is 0 Å². The van der Waals surface area contributed by atoms with Crippen LogP contribution in [0.25, 0.3) is 5.76 Å². The maximum absolute atomic E-state index is 14.2. The van der Waals surface area contributed by atoms with E-state index in [-0.39, 0.29) is 21.8 Å². The van der Waals surface area contributed by atoms with Gasteiger partial charge in [-0.25, -0.2) is 4.39 Å². The van der Waals surface area contributed by atoms with E-state index in [1.807, 2.05) is 18.2 Å². The van der Waals surface area contributed by atoms with Crippen LogP contribution in [0.3, 0.4) is 0 Å². The lowest BCUT2D eigenvalue weighted by Crippen LogP contribution is -2.29. The SMILES string of the molecule is COc1ccc(/C(O)=C2\C(=O)C(=O)N(c3cccc(F)c3)C2c2cccc(Oc3ccccc3)c2)cc1Cl. The molecule has 4 aromatic rings. The van der Waals surface area contributed by atoms with Crippen LogP contribution in [0.5, 0.6) is 17.2 Å². The second kappa shape index (κ2) is 10.4. The molecule has 1 heterocycles. The lowest BCUT2D eigenvalue weighted by Gasteiger charge is -2.26. The Labute approximate surface area is 223 Å². The van der Waals surface area contributed by atoms with Crippen LogP contribution in [0.2, 0.25) is 5.02 Å². The molecule has 38 heavy (non-hydrogen) atoms. The van der Waals surface area contributed by atoms with E-state index < -0.39 is 29.3 Å². The molecule has 0 spiro atoms. The number of ketones is 1. The molecule has 1 atom stereocenters. The van der Waals surface area contributed by atoms with Crippen LogP contribution in [0.1, 0.15) is 17.2 Å². The smallest absolute Gasteiger partial charge is 0.300 e. The van der Waals surface area contributed by atoms with Crippen molar-refractivity contribution in [3.8, 4) is 17.2 Å². The number of aliphatic hydroxyl groups excluding tert-OH is 1. The normalized spacial score (nSPS) is 16.5. The molecule has 1 fully saturated rings. The summed E-state index contributed by atoms with van der Waals surface area (Å²) in [5.74, 6) is -1.40. The molecule has 1 aliphatic rings. The molecule has 8 heteroatoms. The topological polar surface area (TPSA) is 76.1 Å². The fourth-order valence-corrected chi connectivity index (χ4v) is 4.64. The third-order valence-corrected chi connectivity index (χ3v) is 6.40. The Kier molecular flexibility index (Phi) is 6.85. The van der Waals surface area contributed by atoms with E-state index in [2.05, 4.69) is 0 Å². The Bertz CT molecular complexity index is 1570. The number of anilines is 1. The van der Waals surface area contributed by atoms with Crippen molar-refractivity contribution in [1.82, 2.24) is 0 Å². The second-order valence-corrected chi connectivity index (χ2v) is 8.89. The summed E-state index contributed by atoms with van der Waals surface area (Å²) in [7, 11) is 1.45. The molecule has 0 saturated carbocycles. The van der Waals surface area contributed by atoms with Gasteiger partial charge in [-0.2, -0.15) is 0 Å². The number of amides is 1. The molecule has 4 aromatic carbocycles. The van der Waals surface area contributed by atoms with Gasteiger partial charge in [0.15, 0.2) is 0 Å². The Morgan fingerprint density at radius 1 is 0.895 bits per heavy atom. The first-order chi connectivity index (χ1) is 18.4. The lowest BCUT2D eigenvalue weighted by molar-refractivity contribution is -0.132. The summed E-state index contributed by atoms with van der Waals surface area (Å²) < 4.78 is 25.3. The first-order valence-corrected chi connectivity index (χ1v) is 12.0. The maximum Gasteiger partial charge on any atom is 0.300 e. The van der Waals surface area contributed by atoms with E-state index in [1.54, 1.807) is 42.5 Å². The number of rotatable bonds is 6. The van der Waals surface area contributed by atoms with Crippen molar-refractivity contribution >= 4 is 34.7 Å². The molecule has 0 bridgehead atoms. The number of carbonyl (C=O) groups excluding carboxylic acids is 2. The van der Waals surface area contributed by atoms with E-state index in [0.717, 1.165) is 6.07 Å². The van der Waals surface area contributed by atoms with E-state index in [0.29, 0.717) is 22.8 Å². The molecule has 0 radical (unpaired) electrons. The predicted molar refractivity (Wildman–Crippen MR) is 142 cm³/mol. The second-order valence-electron chi connectivity index (χ2n) is 8.49. The first-order valence-electron chi connectivity index (χ1n) is 11.6. The minimum absolute atomic E-state index is 0.165. The number of hydrogen-bond acceptors (Lipinski definition) is 5. The Balaban J connectivity index is 1.68. The number of benzene rings is 4. The number of para-hydroxylation sites is 1. The first kappa shape index (κ1) is 25.0. The van der Waals surface area contributed by atoms with E-state index in [4.69, 9.17) is 21.1 Å². The zero-order chi connectivity index (χ0) is 26.8. The molecular weight excluding hydrogens is 509 g/mol. The fourth-order valence-electron chi connectivity index (χ4n) is 4.38. The third kappa shape index (κ3) is 4.71. The summed E-state index contributed by atoms with van der Waals surface area (Å²) in [4.78, 5) is 27.9. The molecule has 0 aliphatic carbocycles. The number of aliphatic hydroxyl groups is 1. The minimum atomic E-state index is -1.07. The van der Waals surface area contributed by atoms with Crippen LogP contribution in [0.4, 0.5) is 10.1 Å². The number of methoxy groups -OCH3 is 1. The maximum atomic E-state index is 14.2. The minimum Gasteiger partial charge on any atom is -0.507 e. The van der Waals surface area contributed by atoms with Gasteiger partial charge in [-0.05, 0) is 66.2 Å². The summed E-state index contributed by atoms with van der Waals surface area (Å²) >= 11 is 6.26. The molecule has 1 unspecified atom stereocenters. The van der Waals surface area contributed by atoms with Gasteiger partial charge in [0.2, 0.25) is 0 Å². The zero-order valence-electron chi connectivity index (χ0n) is 20.1. The van der Waals surface area contributed by atoms with Crippen molar-refractivity contribution in [2.75, 3.05) is 12.0 Å². The van der Waals surface area contributed by atoms with Crippen LogP contribution in [0, 0.1) is 5.82 Å². The van der Waals surface area contributed by atoms with Gasteiger partial charge in [0.25, 0.3) is 11.7 Å². The van der Waals surface area contributed by atoms with Crippen LogP contribution in [-0.4, -0.2) is 23.9 Å². The molecule has 1 amide bonds. The van der Waals surface area contributed by atoms with Crippen molar-refractivity contribution in [2.45, 2.75) is 6.04 Å². The standard InChI is InChI=1S/C30H21ClFNO5/c1-37-25-14-13-19(16-24(25)31)28(34)26-27(33(30(36)29(26)35)21-9-6-8-20(32)17-21)18-7-5-12-23(15-18)38-22-10-3-2-4-11-22/h2-17,27,34H,1H3/b28-26+. The Morgan fingerprint density at radius 3 is 2.34 bits per heavy atom. The molecule has 0 aromatic heterocycles. The molecule has 5 rings (SSSR count). The van der Waals surface area contributed by atoms with Gasteiger partial charge < -0.3 is 14.6 Å². The lowest BCUT2D eigenvalue weighted by atomic mass is 9.95. The van der Waals surface area contributed by atoms with Gasteiger partial charge in [-0.15, -0.1) is 0 Å². The summed E-state index contributed by atoms with van der Waals surface area (Å²) in [5, 5.41) is 11.5. The van der Waals surface area contributed by atoms with Gasteiger partial charge in [0, 0.05) is 11.3 Å². The van der Waals surface area contributed by atoms with Gasteiger partial charge in [-0.1, -0.05) is 48.0 Å². The molecular formula is C30H21ClFNO5. The van der Waals surface area contributed by atoms with Crippen molar-refractivity contribution in [3.05, 3.63) is 125 Å². The third-order valence-electron chi connectivity index (χ3n) is 6.11. The quantitative estimate of drug-likeness (QED) is 0.167. The average Bonchev–Trinajstić information content (AvgIpc) is 3.19. The van der Waals surface area contributed by atoms with E-state index in [1.165, 1.54) is 42.3 Å². The number of Topliss-reactive ketones (excluding diaryl/α,β-unsaturated/α-hetero) is 1. The Hall–Kier alpha value is -4.62. The number of nitrogens with zero attached hydrogens (tertiary/aromatic N) is 1. The number of carbonyl (C=O) groups is 2. The zero-order valence-corrected chi connectivity index (χ0v) is 20.9. The van der Waals surface area contributed by atoms with Crippen LogP contribution >= 0.6 is 11.6 Å². The molecule has 190 valence electrons. The molecule has 6 nitrogen and oxygen atoms in total. The summed E-state index contributed by atoms with van der Waals surface area (Å²) in [6.07, 6.45) is 0. The average molecular weight is 530 g/mol. The number of hydrogen-bond donors (Lipinski definition) is 1. The van der Waals surface area contributed by atoms with Crippen LogP contribution in [-0.2, 0) is 9.59 Å². The number of halogens is 2. The fraction of sp³-hybridized carbons (Fsp3) is 0.0667. The van der Waals surface area contributed by atoms with Crippen molar-refractivity contribution in [2.24, 2.45) is 0 Å². The van der Waals surface area contributed by atoms with Crippen molar-refractivity contribution < 1.29 is 28.6 Å². The predicted octanol–water partition coefficient (Wildman–Crippen LogP) is 6.91. The highest BCUT2D eigenvalue weighted by molar-refractivity contribution is 6.51. The van der Waals surface area contributed by atoms with E-state index in [9.17, 15) is 19.1 Å². The largest absolute Gasteiger partial charge is 0.507 e. The molecule has 1 N–H and O–H groups in total. The van der Waals surface area contributed by atoms with Gasteiger partial charge in [0.1, 0.15) is 28.8 Å². The van der Waals surface area contributed by atoms with E-state index >= 15 is 0 Å². The molecule has 1 saturated heterocycles. The summed E-state index contributed by atoms with van der Waals surface area (Å²) in [5.41, 5.74) is 0.688. The highest BCUT2D eigenvalue weighted by Crippen LogP contribution is 2.43. The van der Waals surface area contributed by atoms with Gasteiger partial charge in [0.05, 0.1) is 23.7 Å². The monoisotopic (exact) mass is 529 g/mol. The summed E-state index contributed by atoms with van der Waals surface area (Å²) in [6, 6.07) is 24.7. The molecule has 1 aliphatic heterocycles. The highest BCUT2D eigenvalue weighted by Gasteiger charge is 2.47.